The van der Waals surface area contributed by atoms with Crippen LogP contribution in [0.1, 0.15) is 37.7 Å². The molecular formula is C22H39ClN2O3Si. The van der Waals surface area contributed by atoms with Crippen molar-refractivity contribution in [3.63, 3.8) is 0 Å². The normalized spacial score (nSPS) is 21.4. The predicted octanol–water partition coefficient (Wildman–Crippen LogP) is 4.01. The van der Waals surface area contributed by atoms with E-state index in [2.05, 4.69) is 41.3 Å². The third kappa shape index (κ3) is 6.89. The first-order valence-corrected chi connectivity index (χ1v) is 12.5. The molecule has 0 aliphatic carbocycles. The molecule has 1 aromatic rings. The summed E-state index contributed by atoms with van der Waals surface area (Å²) in [6.07, 6.45) is 9.80. The van der Waals surface area contributed by atoms with Crippen LogP contribution in [0.2, 0.25) is 6.04 Å². The average molecular weight is 443 g/mol. The lowest BCUT2D eigenvalue weighted by Crippen LogP contribution is -2.64. The van der Waals surface area contributed by atoms with E-state index in [-0.39, 0.29) is 17.6 Å². The van der Waals surface area contributed by atoms with Crippen molar-refractivity contribution >= 4 is 27.0 Å². The number of halogens is 1. The highest BCUT2D eigenvalue weighted by Gasteiger charge is 2.58. The zero-order valence-corrected chi connectivity index (χ0v) is 20.1. The maximum absolute atomic E-state index is 6.11. The Morgan fingerprint density at radius 2 is 1.83 bits per heavy atom. The summed E-state index contributed by atoms with van der Waals surface area (Å²) in [7, 11) is 3.07. The van der Waals surface area contributed by atoms with Crippen molar-refractivity contribution in [2.45, 2.75) is 43.4 Å². The largest absolute Gasteiger partial charge is 0.396 e. The maximum atomic E-state index is 6.11. The molecule has 0 aromatic heterocycles. The lowest BCUT2D eigenvalue weighted by atomic mass is 10.1. The molecule has 0 spiro atoms. The summed E-state index contributed by atoms with van der Waals surface area (Å²) < 4.78 is 18.1. The highest BCUT2D eigenvalue weighted by atomic mass is 35.5. The summed E-state index contributed by atoms with van der Waals surface area (Å²) in [5, 5.41) is -0.247. The molecule has 5 nitrogen and oxygen atoms in total. The quantitative estimate of drug-likeness (QED) is 0.495. The van der Waals surface area contributed by atoms with Crippen LogP contribution in [0.3, 0.4) is 0 Å². The van der Waals surface area contributed by atoms with E-state index in [0.29, 0.717) is 6.54 Å². The lowest BCUT2D eigenvalue weighted by Gasteiger charge is -2.48. The van der Waals surface area contributed by atoms with Gasteiger partial charge in [0, 0.05) is 41.0 Å². The van der Waals surface area contributed by atoms with Gasteiger partial charge in [-0.1, -0.05) is 55.3 Å². The highest BCUT2D eigenvalue weighted by Crippen LogP contribution is 2.42. The Hall–Kier alpha value is -0.733. The molecule has 1 heterocycles. The molecular weight excluding hydrogens is 404 g/mol. The molecule has 0 bridgehead atoms. The van der Waals surface area contributed by atoms with Crippen molar-refractivity contribution < 1.29 is 13.6 Å². The maximum Gasteiger partial charge on any atom is 0.370 e. The smallest absolute Gasteiger partial charge is 0.370 e. The summed E-state index contributed by atoms with van der Waals surface area (Å²) in [6, 6.07) is 11.4. The Balaban J connectivity index is 0.00000420. The fraction of sp³-hybridized carbons (Fsp3) is 0.636. The van der Waals surface area contributed by atoms with Crippen LogP contribution in [-0.4, -0.2) is 66.2 Å². The molecule has 1 unspecified atom stereocenters. The molecule has 0 radical (unpaired) electrons. The SMILES string of the molecule is COC1(CCCN(CC=Cc2ccccc2)CCN)CCCC[Si]1(OC)OC.Cl. The molecule has 29 heavy (non-hydrogen) atoms. The van der Waals surface area contributed by atoms with Crippen LogP contribution >= 0.6 is 12.4 Å². The molecule has 1 fully saturated rings. The lowest BCUT2D eigenvalue weighted by molar-refractivity contribution is -0.0169. The van der Waals surface area contributed by atoms with Crippen molar-refractivity contribution in [3.05, 3.63) is 42.0 Å². The highest BCUT2D eigenvalue weighted by molar-refractivity contribution is 6.70. The van der Waals surface area contributed by atoms with Crippen LogP contribution in [0.25, 0.3) is 6.08 Å². The van der Waals surface area contributed by atoms with Crippen molar-refractivity contribution in [3.8, 4) is 0 Å². The summed E-state index contributed by atoms with van der Waals surface area (Å²) in [4.78, 5) is 2.41. The third-order valence-electron chi connectivity index (χ3n) is 6.05. The van der Waals surface area contributed by atoms with E-state index in [1.54, 1.807) is 14.2 Å². The van der Waals surface area contributed by atoms with E-state index in [9.17, 15) is 0 Å². The second-order valence-corrected chi connectivity index (χ2v) is 11.3. The van der Waals surface area contributed by atoms with E-state index in [0.717, 1.165) is 44.9 Å². The second-order valence-electron chi connectivity index (χ2n) is 7.57. The van der Waals surface area contributed by atoms with Gasteiger partial charge < -0.3 is 19.3 Å². The molecule has 2 rings (SSSR count). The van der Waals surface area contributed by atoms with Gasteiger partial charge in [0.05, 0.1) is 0 Å². The van der Waals surface area contributed by atoms with E-state index in [1.165, 1.54) is 18.4 Å². The number of rotatable bonds is 12. The fourth-order valence-electron chi connectivity index (χ4n) is 4.49. The standard InChI is InChI=1S/C22H38N2O3Si.ClH/c1-25-22(14-7-8-20-28(22,26-2)27-3)15-10-18-24(19-16-23)17-9-13-21-11-5-4-6-12-21;/h4-6,9,11-13H,7-8,10,14-20,23H2,1-3H3;1H. The van der Waals surface area contributed by atoms with E-state index in [1.807, 2.05) is 13.2 Å². The Bertz CT molecular complexity index is 587. The van der Waals surface area contributed by atoms with Crippen LogP contribution in [0.5, 0.6) is 0 Å². The summed E-state index contributed by atoms with van der Waals surface area (Å²) >= 11 is 0. The molecule has 7 heteroatoms. The van der Waals surface area contributed by atoms with E-state index >= 15 is 0 Å². The Morgan fingerprint density at radius 1 is 1.10 bits per heavy atom. The average Bonchev–Trinajstić information content (AvgIpc) is 2.74. The van der Waals surface area contributed by atoms with Gasteiger partial charge in [0.15, 0.2) is 0 Å². The second kappa shape index (κ2) is 13.5. The first-order chi connectivity index (χ1) is 13.6. The topological polar surface area (TPSA) is 57.0 Å². The summed E-state index contributed by atoms with van der Waals surface area (Å²) in [5.74, 6) is 0. The van der Waals surface area contributed by atoms with Crippen molar-refractivity contribution in [1.29, 1.82) is 0 Å². The summed E-state index contributed by atoms with van der Waals surface area (Å²) in [6.45, 7) is 3.47. The zero-order valence-electron chi connectivity index (χ0n) is 18.3. The van der Waals surface area contributed by atoms with Crippen molar-refractivity contribution in [2.24, 2.45) is 5.73 Å². The number of methoxy groups -OCH3 is 1. The van der Waals surface area contributed by atoms with Crippen molar-refractivity contribution in [2.75, 3.05) is 47.5 Å². The van der Waals surface area contributed by atoms with Crippen LogP contribution in [-0.2, 0) is 13.6 Å². The third-order valence-corrected chi connectivity index (χ3v) is 10.5. The number of nitrogens with zero attached hydrogens (tertiary/aromatic N) is 1. The van der Waals surface area contributed by atoms with Gasteiger partial charge >= 0.3 is 8.56 Å². The molecule has 1 aliphatic heterocycles. The molecule has 1 aliphatic rings. The molecule has 1 saturated heterocycles. The van der Waals surface area contributed by atoms with Gasteiger partial charge in [0.25, 0.3) is 0 Å². The van der Waals surface area contributed by atoms with Gasteiger partial charge in [-0.2, -0.15) is 0 Å². The first-order valence-electron chi connectivity index (χ1n) is 10.4. The van der Waals surface area contributed by atoms with Crippen LogP contribution in [0.15, 0.2) is 36.4 Å². The zero-order chi connectivity index (χ0) is 20.3. The fourth-order valence-corrected chi connectivity index (χ4v) is 8.40. The van der Waals surface area contributed by atoms with Crippen molar-refractivity contribution in [1.82, 2.24) is 4.90 Å². The van der Waals surface area contributed by atoms with E-state index < -0.39 is 8.56 Å². The molecule has 0 amide bonds. The monoisotopic (exact) mass is 442 g/mol. The van der Waals surface area contributed by atoms with Gasteiger partial charge in [0.1, 0.15) is 5.22 Å². The molecule has 1 atom stereocenters. The summed E-state index contributed by atoms with van der Waals surface area (Å²) in [5.41, 5.74) is 7.07. The van der Waals surface area contributed by atoms with Crippen LogP contribution < -0.4 is 5.73 Å². The van der Waals surface area contributed by atoms with Gasteiger partial charge in [-0.15, -0.1) is 12.4 Å². The first kappa shape index (κ1) is 26.3. The minimum absolute atomic E-state index is 0. The predicted molar refractivity (Wildman–Crippen MR) is 126 cm³/mol. The van der Waals surface area contributed by atoms with Gasteiger partial charge in [-0.25, -0.2) is 0 Å². The Morgan fingerprint density at radius 3 is 2.45 bits per heavy atom. The molecule has 2 N–H and O–H groups in total. The van der Waals surface area contributed by atoms with Gasteiger partial charge in [0.2, 0.25) is 0 Å². The van der Waals surface area contributed by atoms with Gasteiger partial charge in [-0.05, 0) is 37.4 Å². The number of ether oxygens (including phenoxy) is 1. The van der Waals surface area contributed by atoms with Gasteiger partial charge in [-0.3, -0.25) is 4.90 Å². The van der Waals surface area contributed by atoms with Crippen LogP contribution in [0, 0.1) is 0 Å². The Kier molecular flexibility index (Phi) is 12.3. The molecule has 166 valence electrons. The number of nitrogens with two attached hydrogens (primary N) is 1. The van der Waals surface area contributed by atoms with Crippen LogP contribution in [0.4, 0.5) is 0 Å². The molecule has 0 saturated carbocycles. The Labute approximate surface area is 184 Å². The minimum Gasteiger partial charge on any atom is -0.396 e. The number of hydrogen-bond acceptors (Lipinski definition) is 5. The minimum atomic E-state index is -2.35. The molecule has 1 aromatic carbocycles. The van der Waals surface area contributed by atoms with E-state index in [4.69, 9.17) is 19.3 Å². The number of hydrogen-bond donors (Lipinski definition) is 1. The number of benzene rings is 1.